The van der Waals surface area contributed by atoms with Gasteiger partial charge in [-0.1, -0.05) is 33.8 Å². The van der Waals surface area contributed by atoms with E-state index in [1.54, 1.807) is 0 Å². The van der Waals surface area contributed by atoms with Crippen LogP contribution in [0.4, 0.5) is 0 Å². The number of nitrogens with zero attached hydrogens (tertiary/aromatic N) is 2. The summed E-state index contributed by atoms with van der Waals surface area (Å²) in [5.41, 5.74) is 2.94. The van der Waals surface area contributed by atoms with E-state index >= 15 is 0 Å². The molecule has 2 heterocycles. The normalized spacial score (nSPS) is 22.4. The maximum atomic E-state index is 4.65. The van der Waals surface area contributed by atoms with E-state index < -0.39 is 0 Å². The lowest BCUT2D eigenvalue weighted by Gasteiger charge is -2.47. The average molecular weight is 289 g/mol. The van der Waals surface area contributed by atoms with Crippen LogP contribution >= 0.6 is 0 Å². The zero-order valence-electron chi connectivity index (χ0n) is 14.2. The minimum Gasteiger partial charge on any atom is -0.308 e. The number of rotatable bonds is 6. The third kappa shape index (κ3) is 3.64. The summed E-state index contributed by atoms with van der Waals surface area (Å²) in [5.74, 6) is 0. The number of nitrogens with one attached hydrogen (secondary N) is 1. The Hall–Kier alpha value is -0.930. The SMILES string of the molecule is CCc1cccnc1CN1CC(CC)(CC)NCC1CC. The van der Waals surface area contributed by atoms with E-state index in [0.717, 1.165) is 26.1 Å². The van der Waals surface area contributed by atoms with Crippen LogP contribution in [0.25, 0.3) is 0 Å². The number of pyridine rings is 1. The van der Waals surface area contributed by atoms with Gasteiger partial charge in [-0.05, 0) is 37.3 Å². The molecular weight excluding hydrogens is 258 g/mol. The summed E-state index contributed by atoms with van der Waals surface area (Å²) in [6.45, 7) is 12.4. The van der Waals surface area contributed by atoms with Crippen molar-refractivity contribution in [3.63, 3.8) is 0 Å². The summed E-state index contributed by atoms with van der Waals surface area (Å²) in [5, 5.41) is 3.82. The van der Waals surface area contributed by atoms with E-state index in [1.165, 1.54) is 30.5 Å². The van der Waals surface area contributed by atoms with Gasteiger partial charge in [0, 0.05) is 37.4 Å². The topological polar surface area (TPSA) is 28.2 Å². The van der Waals surface area contributed by atoms with Crippen LogP contribution in [0.3, 0.4) is 0 Å². The molecule has 1 N–H and O–H groups in total. The minimum absolute atomic E-state index is 0.285. The molecule has 0 radical (unpaired) electrons. The Kier molecular flexibility index (Phi) is 5.77. The molecule has 21 heavy (non-hydrogen) atoms. The molecule has 1 saturated heterocycles. The molecule has 3 nitrogen and oxygen atoms in total. The molecule has 118 valence electrons. The number of hydrogen-bond acceptors (Lipinski definition) is 3. The van der Waals surface area contributed by atoms with Crippen molar-refractivity contribution in [2.75, 3.05) is 13.1 Å². The Morgan fingerprint density at radius 3 is 2.67 bits per heavy atom. The Morgan fingerprint density at radius 2 is 2.05 bits per heavy atom. The van der Waals surface area contributed by atoms with Gasteiger partial charge in [0.15, 0.2) is 0 Å². The van der Waals surface area contributed by atoms with E-state index in [2.05, 4.69) is 55.0 Å². The molecule has 0 saturated carbocycles. The van der Waals surface area contributed by atoms with Gasteiger partial charge in [0.25, 0.3) is 0 Å². The lowest BCUT2D eigenvalue weighted by molar-refractivity contribution is 0.0631. The second kappa shape index (κ2) is 7.37. The summed E-state index contributed by atoms with van der Waals surface area (Å²) in [4.78, 5) is 7.31. The van der Waals surface area contributed by atoms with Crippen molar-refractivity contribution in [3.8, 4) is 0 Å². The van der Waals surface area contributed by atoms with Gasteiger partial charge in [-0.2, -0.15) is 0 Å². The first-order valence-corrected chi connectivity index (χ1v) is 8.59. The Morgan fingerprint density at radius 1 is 1.29 bits per heavy atom. The summed E-state index contributed by atoms with van der Waals surface area (Å²) >= 11 is 0. The van der Waals surface area contributed by atoms with Crippen molar-refractivity contribution in [2.45, 2.75) is 71.5 Å². The lowest BCUT2D eigenvalue weighted by atomic mass is 9.88. The molecule has 2 rings (SSSR count). The van der Waals surface area contributed by atoms with Gasteiger partial charge >= 0.3 is 0 Å². The fourth-order valence-electron chi connectivity index (χ4n) is 3.48. The fraction of sp³-hybridized carbons (Fsp3) is 0.722. The van der Waals surface area contributed by atoms with E-state index in [1.807, 2.05) is 6.20 Å². The lowest BCUT2D eigenvalue weighted by Crippen LogP contribution is -2.63. The van der Waals surface area contributed by atoms with Crippen molar-refractivity contribution in [1.82, 2.24) is 15.2 Å². The third-order valence-electron chi connectivity index (χ3n) is 5.28. The summed E-state index contributed by atoms with van der Waals surface area (Å²) in [6, 6.07) is 4.90. The quantitative estimate of drug-likeness (QED) is 0.870. The highest BCUT2D eigenvalue weighted by Crippen LogP contribution is 2.25. The van der Waals surface area contributed by atoms with E-state index in [0.29, 0.717) is 6.04 Å². The number of hydrogen-bond donors (Lipinski definition) is 1. The third-order valence-corrected chi connectivity index (χ3v) is 5.28. The van der Waals surface area contributed by atoms with Crippen molar-refractivity contribution in [1.29, 1.82) is 0 Å². The smallest absolute Gasteiger partial charge is 0.0575 e. The monoisotopic (exact) mass is 289 g/mol. The Bertz CT molecular complexity index is 440. The van der Waals surface area contributed by atoms with Gasteiger partial charge in [0.05, 0.1) is 5.69 Å². The highest BCUT2D eigenvalue weighted by Gasteiger charge is 2.36. The second-order valence-electron chi connectivity index (χ2n) is 6.30. The first kappa shape index (κ1) is 16.4. The average Bonchev–Trinajstić information content (AvgIpc) is 2.55. The van der Waals surface area contributed by atoms with Crippen LogP contribution in [0.2, 0.25) is 0 Å². The van der Waals surface area contributed by atoms with Crippen molar-refractivity contribution in [3.05, 3.63) is 29.6 Å². The van der Waals surface area contributed by atoms with Crippen LogP contribution < -0.4 is 5.32 Å². The second-order valence-corrected chi connectivity index (χ2v) is 6.30. The van der Waals surface area contributed by atoms with E-state index in [9.17, 15) is 0 Å². The highest BCUT2D eigenvalue weighted by molar-refractivity contribution is 5.20. The molecule has 0 bridgehead atoms. The highest BCUT2D eigenvalue weighted by atomic mass is 15.3. The van der Waals surface area contributed by atoms with Gasteiger partial charge in [0.2, 0.25) is 0 Å². The Balaban J connectivity index is 2.17. The Labute approximate surface area is 130 Å². The molecule has 1 unspecified atom stereocenters. The van der Waals surface area contributed by atoms with Gasteiger partial charge < -0.3 is 5.32 Å². The fourth-order valence-corrected chi connectivity index (χ4v) is 3.48. The molecule has 3 heteroatoms. The standard InChI is InChI=1S/C18H31N3/c1-5-15-10-9-11-19-17(15)13-21-14-18(7-3,8-4)20-12-16(21)6-2/h9-11,16,20H,5-8,12-14H2,1-4H3. The van der Waals surface area contributed by atoms with E-state index in [-0.39, 0.29) is 5.54 Å². The number of aryl methyl sites for hydroxylation is 1. The van der Waals surface area contributed by atoms with Crippen LogP contribution in [0, 0.1) is 0 Å². The molecule has 1 aliphatic heterocycles. The van der Waals surface area contributed by atoms with Gasteiger partial charge in [-0.3, -0.25) is 9.88 Å². The number of aromatic nitrogens is 1. The van der Waals surface area contributed by atoms with Crippen molar-refractivity contribution >= 4 is 0 Å². The molecule has 1 atom stereocenters. The predicted octanol–water partition coefficient (Wildman–Crippen LogP) is 3.39. The molecule has 1 aromatic rings. The molecule has 0 spiro atoms. The van der Waals surface area contributed by atoms with Gasteiger partial charge in [0.1, 0.15) is 0 Å². The van der Waals surface area contributed by atoms with Gasteiger partial charge in [-0.25, -0.2) is 0 Å². The molecular formula is C18H31N3. The summed E-state index contributed by atoms with van der Waals surface area (Å²) in [6.07, 6.45) is 6.59. The molecule has 1 aliphatic rings. The van der Waals surface area contributed by atoms with E-state index in [4.69, 9.17) is 0 Å². The first-order valence-electron chi connectivity index (χ1n) is 8.59. The molecule has 0 aromatic carbocycles. The molecule has 0 amide bonds. The first-order chi connectivity index (χ1) is 10.2. The zero-order chi connectivity index (χ0) is 15.3. The zero-order valence-corrected chi connectivity index (χ0v) is 14.2. The van der Waals surface area contributed by atoms with Crippen LogP contribution in [-0.4, -0.2) is 34.6 Å². The van der Waals surface area contributed by atoms with Crippen LogP contribution in [-0.2, 0) is 13.0 Å². The maximum Gasteiger partial charge on any atom is 0.0575 e. The van der Waals surface area contributed by atoms with Gasteiger partial charge in [-0.15, -0.1) is 0 Å². The number of piperazine rings is 1. The minimum atomic E-state index is 0.285. The molecule has 1 aromatic heterocycles. The summed E-state index contributed by atoms with van der Waals surface area (Å²) in [7, 11) is 0. The van der Waals surface area contributed by atoms with Crippen LogP contribution in [0.15, 0.2) is 18.3 Å². The molecule has 0 aliphatic carbocycles. The van der Waals surface area contributed by atoms with Crippen molar-refractivity contribution < 1.29 is 0 Å². The molecule has 1 fully saturated rings. The van der Waals surface area contributed by atoms with Crippen LogP contribution in [0.1, 0.15) is 58.2 Å². The predicted molar refractivity (Wildman–Crippen MR) is 89.4 cm³/mol. The van der Waals surface area contributed by atoms with Crippen molar-refractivity contribution in [2.24, 2.45) is 0 Å². The summed E-state index contributed by atoms with van der Waals surface area (Å²) < 4.78 is 0. The van der Waals surface area contributed by atoms with Crippen LogP contribution in [0.5, 0.6) is 0 Å². The largest absolute Gasteiger partial charge is 0.308 e. The maximum absolute atomic E-state index is 4.65.